The van der Waals surface area contributed by atoms with Gasteiger partial charge in [0.25, 0.3) is 5.91 Å². The van der Waals surface area contributed by atoms with E-state index in [9.17, 15) is 13.2 Å². The van der Waals surface area contributed by atoms with E-state index in [0.29, 0.717) is 24.2 Å². The highest BCUT2D eigenvalue weighted by atomic mass is 32.2. The Morgan fingerprint density at radius 3 is 2.38 bits per heavy atom. The number of benzene rings is 2. The Morgan fingerprint density at radius 2 is 1.73 bits per heavy atom. The van der Waals surface area contributed by atoms with Crippen molar-refractivity contribution in [2.45, 2.75) is 33.6 Å². The first kappa shape index (κ1) is 18.5. The van der Waals surface area contributed by atoms with Crippen LogP contribution in [0.1, 0.15) is 39.9 Å². The van der Waals surface area contributed by atoms with Gasteiger partial charge in [0, 0.05) is 17.8 Å². The van der Waals surface area contributed by atoms with Crippen molar-refractivity contribution in [3.8, 4) is 0 Å². The topological polar surface area (TPSA) is 66.5 Å². The van der Waals surface area contributed by atoms with Crippen molar-refractivity contribution >= 4 is 27.3 Å². The van der Waals surface area contributed by atoms with Gasteiger partial charge in [-0.05, 0) is 62.9 Å². The Labute approximate surface area is 155 Å². The molecule has 0 saturated carbocycles. The summed E-state index contributed by atoms with van der Waals surface area (Å²) in [5.41, 5.74) is 4.96. The molecule has 1 aliphatic rings. The van der Waals surface area contributed by atoms with Crippen molar-refractivity contribution in [3.63, 3.8) is 0 Å². The second-order valence-corrected chi connectivity index (χ2v) is 8.89. The first-order valence-corrected chi connectivity index (χ1v) is 10.4. The van der Waals surface area contributed by atoms with Crippen LogP contribution in [0.15, 0.2) is 36.4 Å². The number of aryl methyl sites for hydroxylation is 3. The van der Waals surface area contributed by atoms with E-state index >= 15 is 0 Å². The quantitative estimate of drug-likeness (QED) is 0.891. The summed E-state index contributed by atoms with van der Waals surface area (Å²) in [5, 5.41) is 2.97. The molecule has 0 atom stereocenters. The molecule has 2 aromatic rings. The number of hydrogen-bond acceptors (Lipinski definition) is 3. The molecule has 0 aromatic heterocycles. The summed E-state index contributed by atoms with van der Waals surface area (Å²) in [4.78, 5) is 12.7. The van der Waals surface area contributed by atoms with Gasteiger partial charge in [-0.1, -0.05) is 23.8 Å². The molecular weight excluding hydrogens is 348 g/mol. The lowest BCUT2D eigenvalue weighted by Gasteiger charge is -2.28. The number of rotatable bonds is 3. The summed E-state index contributed by atoms with van der Waals surface area (Å²) in [6, 6.07) is 10.9. The van der Waals surface area contributed by atoms with E-state index in [1.807, 2.05) is 32.9 Å². The molecule has 0 spiro atoms. The predicted octanol–water partition coefficient (Wildman–Crippen LogP) is 3.79. The van der Waals surface area contributed by atoms with E-state index in [1.54, 1.807) is 24.3 Å². The van der Waals surface area contributed by atoms with E-state index in [0.717, 1.165) is 28.8 Å². The van der Waals surface area contributed by atoms with Gasteiger partial charge < -0.3 is 5.32 Å². The third-order valence-electron chi connectivity index (χ3n) is 4.66. The Bertz CT molecular complexity index is 928. The van der Waals surface area contributed by atoms with Crippen molar-refractivity contribution < 1.29 is 13.2 Å². The van der Waals surface area contributed by atoms with Crippen LogP contribution in [0.3, 0.4) is 0 Å². The van der Waals surface area contributed by atoms with Gasteiger partial charge in [-0.2, -0.15) is 0 Å². The minimum absolute atomic E-state index is 0.158. The molecule has 1 aliphatic heterocycles. The zero-order valence-electron chi connectivity index (χ0n) is 15.4. The Balaban J connectivity index is 1.88. The van der Waals surface area contributed by atoms with Crippen molar-refractivity contribution in [1.82, 2.24) is 0 Å². The molecule has 0 unspecified atom stereocenters. The third kappa shape index (κ3) is 3.75. The van der Waals surface area contributed by atoms with Crippen molar-refractivity contribution in [1.29, 1.82) is 0 Å². The average Bonchev–Trinajstić information content (AvgIpc) is 2.57. The molecule has 0 aliphatic carbocycles. The van der Waals surface area contributed by atoms with E-state index in [4.69, 9.17) is 0 Å². The molecule has 1 heterocycles. The Morgan fingerprint density at radius 1 is 1.04 bits per heavy atom. The molecule has 6 heteroatoms. The normalized spacial score (nSPS) is 16.3. The largest absolute Gasteiger partial charge is 0.322 e. The number of carbonyl (C=O) groups is 1. The SMILES string of the molecule is Cc1cc(C)c(NC(=O)c2cccc(N3CCCCS3(=O)=O)c2)c(C)c1. The fourth-order valence-electron chi connectivity index (χ4n) is 3.44. The third-order valence-corrected chi connectivity index (χ3v) is 6.53. The monoisotopic (exact) mass is 372 g/mol. The highest BCUT2D eigenvalue weighted by Gasteiger charge is 2.26. The van der Waals surface area contributed by atoms with E-state index in [1.165, 1.54) is 4.31 Å². The van der Waals surface area contributed by atoms with Crippen LogP contribution in [0.4, 0.5) is 11.4 Å². The first-order valence-electron chi connectivity index (χ1n) is 8.77. The minimum Gasteiger partial charge on any atom is -0.322 e. The van der Waals surface area contributed by atoms with Crippen LogP contribution in [0, 0.1) is 20.8 Å². The summed E-state index contributed by atoms with van der Waals surface area (Å²) in [6.07, 6.45) is 1.52. The number of hydrogen-bond donors (Lipinski definition) is 1. The number of nitrogens with one attached hydrogen (secondary N) is 1. The highest BCUT2D eigenvalue weighted by Crippen LogP contribution is 2.26. The van der Waals surface area contributed by atoms with Crippen molar-refractivity contribution in [3.05, 3.63) is 58.7 Å². The smallest absolute Gasteiger partial charge is 0.255 e. The maximum Gasteiger partial charge on any atom is 0.255 e. The molecule has 0 radical (unpaired) electrons. The zero-order chi connectivity index (χ0) is 18.9. The molecular formula is C20H24N2O3S. The average molecular weight is 372 g/mol. The molecule has 1 fully saturated rings. The lowest BCUT2D eigenvalue weighted by Crippen LogP contribution is -2.37. The number of carbonyl (C=O) groups excluding carboxylic acids is 1. The molecule has 3 rings (SSSR count). The van der Waals surface area contributed by atoms with Crippen LogP contribution in [0.25, 0.3) is 0 Å². The maximum absolute atomic E-state index is 12.7. The molecule has 0 bridgehead atoms. The number of nitrogens with zero attached hydrogens (tertiary/aromatic N) is 1. The van der Waals surface area contributed by atoms with Crippen molar-refractivity contribution in [2.75, 3.05) is 21.9 Å². The van der Waals surface area contributed by atoms with Gasteiger partial charge in [0.05, 0.1) is 11.4 Å². The molecule has 1 N–H and O–H groups in total. The summed E-state index contributed by atoms with van der Waals surface area (Å²) in [7, 11) is -3.29. The summed E-state index contributed by atoms with van der Waals surface area (Å²) >= 11 is 0. The lowest BCUT2D eigenvalue weighted by molar-refractivity contribution is 0.102. The van der Waals surface area contributed by atoms with Crippen LogP contribution in [0.2, 0.25) is 0 Å². The van der Waals surface area contributed by atoms with Crippen LogP contribution in [-0.2, 0) is 10.0 Å². The molecule has 1 saturated heterocycles. The number of amides is 1. The molecule has 138 valence electrons. The fourth-order valence-corrected chi connectivity index (χ4v) is 5.08. The number of sulfonamides is 1. The van der Waals surface area contributed by atoms with Crippen LogP contribution in [0.5, 0.6) is 0 Å². The van der Waals surface area contributed by atoms with Gasteiger partial charge in [0.1, 0.15) is 0 Å². The van der Waals surface area contributed by atoms with E-state index in [2.05, 4.69) is 5.32 Å². The van der Waals surface area contributed by atoms with Gasteiger partial charge in [0.2, 0.25) is 10.0 Å². The summed E-state index contributed by atoms with van der Waals surface area (Å²) in [5.74, 6) is -0.0816. The second kappa shape index (κ2) is 7.11. The van der Waals surface area contributed by atoms with Crippen LogP contribution < -0.4 is 9.62 Å². The lowest BCUT2D eigenvalue weighted by atomic mass is 10.0. The zero-order valence-corrected chi connectivity index (χ0v) is 16.2. The molecule has 1 amide bonds. The van der Waals surface area contributed by atoms with Crippen LogP contribution >= 0.6 is 0 Å². The maximum atomic E-state index is 12.7. The summed E-state index contributed by atoms with van der Waals surface area (Å²) < 4.78 is 26.0. The highest BCUT2D eigenvalue weighted by molar-refractivity contribution is 7.92. The number of anilines is 2. The molecule has 5 nitrogen and oxygen atoms in total. The van der Waals surface area contributed by atoms with E-state index < -0.39 is 10.0 Å². The van der Waals surface area contributed by atoms with Gasteiger partial charge >= 0.3 is 0 Å². The Hall–Kier alpha value is -2.34. The first-order chi connectivity index (χ1) is 12.3. The minimum atomic E-state index is -3.29. The molecule has 26 heavy (non-hydrogen) atoms. The van der Waals surface area contributed by atoms with Gasteiger partial charge in [-0.3, -0.25) is 9.10 Å². The van der Waals surface area contributed by atoms with Gasteiger partial charge in [0.15, 0.2) is 0 Å². The summed E-state index contributed by atoms with van der Waals surface area (Å²) in [6.45, 7) is 6.41. The predicted molar refractivity (Wildman–Crippen MR) is 105 cm³/mol. The van der Waals surface area contributed by atoms with Gasteiger partial charge in [-0.25, -0.2) is 8.42 Å². The standard InChI is InChI=1S/C20H24N2O3S/c1-14-11-15(2)19(16(3)12-14)21-20(23)17-7-6-8-18(13-17)22-9-4-5-10-26(22,24)25/h6-8,11-13H,4-5,9-10H2,1-3H3,(H,21,23). The fraction of sp³-hybridized carbons (Fsp3) is 0.350. The van der Waals surface area contributed by atoms with Crippen LogP contribution in [-0.4, -0.2) is 26.6 Å². The van der Waals surface area contributed by atoms with Crippen molar-refractivity contribution in [2.24, 2.45) is 0 Å². The Kier molecular flexibility index (Phi) is 5.05. The van der Waals surface area contributed by atoms with E-state index in [-0.39, 0.29) is 11.7 Å². The van der Waals surface area contributed by atoms with Gasteiger partial charge in [-0.15, -0.1) is 0 Å². The molecule has 2 aromatic carbocycles. The second-order valence-electron chi connectivity index (χ2n) is 6.87.